The van der Waals surface area contributed by atoms with E-state index in [2.05, 4.69) is 11.9 Å². The molecule has 2 nitrogen and oxygen atoms in total. The van der Waals surface area contributed by atoms with E-state index in [1.807, 2.05) is 6.07 Å². The quantitative estimate of drug-likeness (QED) is 0.886. The Hall–Kier alpha value is -0.930. The molecule has 3 heteroatoms. The maximum Gasteiger partial charge on any atom is 0.123 e. The summed E-state index contributed by atoms with van der Waals surface area (Å²) in [5.41, 5.74) is 7.01. The van der Waals surface area contributed by atoms with Gasteiger partial charge in [-0.1, -0.05) is 12.1 Å². The molecule has 0 bridgehead atoms. The molecule has 0 heterocycles. The first-order valence-corrected chi connectivity index (χ1v) is 7.32. The van der Waals surface area contributed by atoms with Crippen LogP contribution in [0, 0.1) is 11.7 Å². The second-order valence-corrected chi connectivity index (χ2v) is 5.92. The number of hydrogen-bond donors (Lipinski definition) is 1. The zero-order valence-electron chi connectivity index (χ0n) is 11.8. The zero-order valence-corrected chi connectivity index (χ0v) is 11.8. The van der Waals surface area contributed by atoms with Crippen LogP contribution in [0.3, 0.4) is 0 Å². The lowest BCUT2D eigenvalue weighted by atomic mass is 9.86. The molecule has 0 unspecified atom stereocenters. The monoisotopic (exact) mass is 264 g/mol. The molecule has 0 amide bonds. The molecule has 0 spiro atoms. The number of nitrogens with zero attached hydrogens (tertiary/aromatic N) is 1. The average molecular weight is 264 g/mol. The minimum absolute atomic E-state index is 0.138. The van der Waals surface area contributed by atoms with E-state index in [1.54, 1.807) is 12.1 Å². The predicted octanol–water partition coefficient (Wildman–Crippen LogP) is 2.82. The number of halogens is 1. The van der Waals surface area contributed by atoms with Gasteiger partial charge in [-0.15, -0.1) is 0 Å². The van der Waals surface area contributed by atoms with Crippen molar-refractivity contribution in [2.75, 3.05) is 20.1 Å². The van der Waals surface area contributed by atoms with Crippen molar-refractivity contribution in [2.45, 2.75) is 38.1 Å². The van der Waals surface area contributed by atoms with Crippen molar-refractivity contribution in [2.24, 2.45) is 11.7 Å². The Kier molecular flexibility index (Phi) is 5.34. The summed E-state index contributed by atoms with van der Waals surface area (Å²) in [6.45, 7) is 2.13. The Bertz CT molecular complexity index is 386. The molecule has 0 aromatic heterocycles. The van der Waals surface area contributed by atoms with Gasteiger partial charge in [0, 0.05) is 19.1 Å². The molecule has 2 rings (SSSR count). The standard InChI is InChI=1S/C16H25FN2/c1-19(12-14-5-7-16(18)8-6-14)10-9-13-3-2-4-15(17)11-13/h2-4,11,14,16H,5-10,12,18H2,1H3. The molecule has 0 aliphatic heterocycles. The summed E-state index contributed by atoms with van der Waals surface area (Å²) in [7, 11) is 2.16. The molecule has 2 N–H and O–H groups in total. The molecule has 19 heavy (non-hydrogen) atoms. The van der Waals surface area contributed by atoms with Gasteiger partial charge in [-0.2, -0.15) is 0 Å². The van der Waals surface area contributed by atoms with Crippen molar-refractivity contribution >= 4 is 0 Å². The van der Waals surface area contributed by atoms with E-state index < -0.39 is 0 Å². The van der Waals surface area contributed by atoms with Crippen molar-refractivity contribution in [1.82, 2.24) is 4.90 Å². The minimum atomic E-state index is -0.138. The van der Waals surface area contributed by atoms with Crippen molar-refractivity contribution in [1.29, 1.82) is 0 Å². The highest BCUT2D eigenvalue weighted by Gasteiger charge is 2.19. The maximum absolute atomic E-state index is 13.1. The summed E-state index contributed by atoms with van der Waals surface area (Å²) in [5.74, 6) is 0.652. The lowest BCUT2D eigenvalue weighted by Gasteiger charge is -2.29. The highest BCUT2D eigenvalue weighted by atomic mass is 19.1. The Morgan fingerprint density at radius 1 is 1.26 bits per heavy atom. The molecular weight excluding hydrogens is 239 g/mol. The SMILES string of the molecule is CN(CCc1cccc(F)c1)CC1CCC(N)CC1. The van der Waals surface area contributed by atoms with Crippen LogP contribution in [-0.2, 0) is 6.42 Å². The number of nitrogens with two attached hydrogens (primary N) is 1. The molecule has 106 valence electrons. The van der Waals surface area contributed by atoms with E-state index in [1.165, 1.54) is 31.7 Å². The Morgan fingerprint density at radius 3 is 2.68 bits per heavy atom. The third-order valence-electron chi connectivity index (χ3n) is 4.13. The number of rotatable bonds is 5. The first kappa shape index (κ1) is 14.5. The molecule has 1 aliphatic rings. The van der Waals surface area contributed by atoms with Crippen LogP contribution in [0.4, 0.5) is 4.39 Å². The van der Waals surface area contributed by atoms with Crippen LogP contribution in [0.2, 0.25) is 0 Å². The van der Waals surface area contributed by atoms with Gasteiger partial charge in [-0.3, -0.25) is 0 Å². The summed E-state index contributed by atoms with van der Waals surface area (Å²) in [6.07, 6.45) is 5.77. The van der Waals surface area contributed by atoms with Crippen LogP contribution in [0.25, 0.3) is 0 Å². The van der Waals surface area contributed by atoms with Gasteiger partial charge in [0.15, 0.2) is 0 Å². The fourth-order valence-corrected chi connectivity index (χ4v) is 2.92. The summed E-state index contributed by atoms with van der Waals surface area (Å²) in [4.78, 5) is 2.37. The van der Waals surface area contributed by atoms with Crippen LogP contribution < -0.4 is 5.73 Å². The molecular formula is C16H25FN2. The van der Waals surface area contributed by atoms with Crippen molar-refractivity contribution in [3.05, 3.63) is 35.6 Å². The first-order chi connectivity index (χ1) is 9.13. The zero-order chi connectivity index (χ0) is 13.7. The van der Waals surface area contributed by atoms with E-state index in [9.17, 15) is 4.39 Å². The number of likely N-dealkylation sites (N-methyl/N-ethyl adjacent to an activating group) is 1. The third kappa shape index (κ3) is 4.92. The highest BCUT2D eigenvalue weighted by molar-refractivity contribution is 5.16. The normalized spacial score (nSPS) is 23.8. The molecule has 0 saturated heterocycles. The molecule has 1 aliphatic carbocycles. The predicted molar refractivity (Wildman–Crippen MR) is 77.5 cm³/mol. The van der Waals surface area contributed by atoms with Crippen LogP contribution in [0.5, 0.6) is 0 Å². The second-order valence-electron chi connectivity index (χ2n) is 5.92. The Labute approximate surface area is 115 Å². The van der Waals surface area contributed by atoms with Gasteiger partial charge < -0.3 is 10.6 Å². The van der Waals surface area contributed by atoms with E-state index in [4.69, 9.17) is 5.73 Å². The van der Waals surface area contributed by atoms with Crippen LogP contribution in [-0.4, -0.2) is 31.1 Å². The average Bonchev–Trinajstić information content (AvgIpc) is 2.39. The Balaban J connectivity index is 1.71. The molecule has 1 aromatic carbocycles. The number of benzene rings is 1. The van der Waals surface area contributed by atoms with Gasteiger partial charge >= 0.3 is 0 Å². The van der Waals surface area contributed by atoms with E-state index in [0.717, 1.165) is 31.0 Å². The fraction of sp³-hybridized carbons (Fsp3) is 0.625. The van der Waals surface area contributed by atoms with Crippen molar-refractivity contribution in [3.63, 3.8) is 0 Å². The minimum Gasteiger partial charge on any atom is -0.328 e. The first-order valence-electron chi connectivity index (χ1n) is 7.32. The summed E-state index contributed by atoms with van der Waals surface area (Å²) in [5, 5.41) is 0. The van der Waals surface area contributed by atoms with E-state index in [-0.39, 0.29) is 5.82 Å². The van der Waals surface area contributed by atoms with Crippen LogP contribution in [0.1, 0.15) is 31.2 Å². The van der Waals surface area contributed by atoms with Crippen molar-refractivity contribution in [3.8, 4) is 0 Å². The second kappa shape index (κ2) is 7.01. The lowest BCUT2D eigenvalue weighted by Crippen LogP contribution is -2.33. The topological polar surface area (TPSA) is 29.3 Å². The number of hydrogen-bond acceptors (Lipinski definition) is 2. The lowest BCUT2D eigenvalue weighted by molar-refractivity contribution is 0.225. The maximum atomic E-state index is 13.1. The Morgan fingerprint density at radius 2 is 2.00 bits per heavy atom. The molecule has 1 fully saturated rings. The summed E-state index contributed by atoms with van der Waals surface area (Å²) in [6, 6.07) is 7.34. The van der Waals surface area contributed by atoms with Gasteiger partial charge in [0.1, 0.15) is 5.82 Å². The summed E-state index contributed by atoms with van der Waals surface area (Å²) >= 11 is 0. The largest absolute Gasteiger partial charge is 0.328 e. The van der Waals surface area contributed by atoms with Gasteiger partial charge in [-0.25, -0.2) is 4.39 Å². The van der Waals surface area contributed by atoms with Gasteiger partial charge in [0.25, 0.3) is 0 Å². The van der Waals surface area contributed by atoms with Gasteiger partial charge in [0.2, 0.25) is 0 Å². The van der Waals surface area contributed by atoms with Crippen LogP contribution in [0.15, 0.2) is 24.3 Å². The van der Waals surface area contributed by atoms with Gasteiger partial charge in [0.05, 0.1) is 0 Å². The molecule has 0 atom stereocenters. The molecule has 0 radical (unpaired) electrons. The smallest absolute Gasteiger partial charge is 0.123 e. The van der Waals surface area contributed by atoms with Crippen LogP contribution >= 0.6 is 0 Å². The van der Waals surface area contributed by atoms with E-state index in [0.29, 0.717) is 6.04 Å². The van der Waals surface area contributed by atoms with E-state index >= 15 is 0 Å². The fourth-order valence-electron chi connectivity index (χ4n) is 2.92. The molecule has 1 saturated carbocycles. The highest BCUT2D eigenvalue weighted by Crippen LogP contribution is 2.23. The summed E-state index contributed by atoms with van der Waals surface area (Å²) < 4.78 is 13.1. The van der Waals surface area contributed by atoms with Crippen molar-refractivity contribution < 1.29 is 4.39 Å². The molecule has 1 aromatic rings. The van der Waals surface area contributed by atoms with Gasteiger partial charge in [-0.05, 0) is 62.8 Å². The third-order valence-corrected chi connectivity index (χ3v) is 4.13.